The van der Waals surface area contributed by atoms with E-state index in [1.807, 2.05) is 0 Å². The Balaban J connectivity index is 2.35. The van der Waals surface area contributed by atoms with Crippen LogP contribution in [0.4, 0.5) is 11.4 Å². The van der Waals surface area contributed by atoms with Crippen molar-refractivity contribution in [3.05, 3.63) is 68.8 Å². The number of non-ortho nitro benzene ring substituents is 2. The molecule has 1 N–H and O–H groups in total. The molecule has 0 saturated carbocycles. The molecule has 0 aliphatic heterocycles. The normalized spacial score (nSPS) is 11.8. The van der Waals surface area contributed by atoms with Crippen molar-refractivity contribution in [1.82, 2.24) is 8.80 Å². The second-order valence-corrected chi connectivity index (χ2v) is 9.33. The molecule has 15 heteroatoms. The first kappa shape index (κ1) is 22.2. The highest BCUT2D eigenvalue weighted by atomic mass is 32.2. The fourth-order valence-corrected chi connectivity index (χ4v) is 4.73. The van der Waals surface area contributed by atoms with Gasteiger partial charge in [0.1, 0.15) is 11.5 Å². The second-order valence-electron chi connectivity index (χ2n) is 5.56. The summed E-state index contributed by atoms with van der Waals surface area (Å²) in [6.45, 7) is 0. The van der Waals surface area contributed by atoms with E-state index in [1.54, 1.807) is 4.49 Å². The number of nitrogens with zero attached hydrogens (tertiary/aromatic N) is 3. The van der Waals surface area contributed by atoms with Gasteiger partial charge in [-0.15, -0.1) is 0 Å². The molecule has 0 aromatic heterocycles. The predicted octanol–water partition coefficient (Wildman–Crippen LogP) is 2.46. The van der Waals surface area contributed by atoms with Crippen LogP contribution in [-0.2, 0) is 14.8 Å². The van der Waals surface area contributed by atoms with E-state index >= 15 is 0 Å². The lowest BCUT2D eigenvalue weighted by Crippen LogP contribution is -2.35. The summed E-state index contributed by atoms with van der Waals surface area (Å²) >= 11 is 0. The molecule has 2 aromatic carbocycles. The van der Waals surface area contributed by atoms with Crippen molar-refractivity contribution >= 4 is 29.3 Å². The average molecular weight is 446 g/mol. The zero-order chi connectivity index (χ0) is 21.8. The molecule has 29 heavy (non-hydrogen) atoms. The van der Waals surface area contributed by atoms with Gasteiger partial charge < -0.3 is 9.05 Å². The van der Waals surface area contributed by atoms with Crippen molar-refractivity contribution in [2.75, 3.05) is 14.1 Å². The molecule has 0 spiro atoms. The maximum atomic E-state index is 13.1. The fraction of sp³-hybridized carbons (Fsp3) is 0.143. The minimum atomic E-state index is -4.64. The molecule has 0 atom stereocenters. The third-order valence-electron chi connectivity index (χ3n) is 3.25. The summed E-state index contributed by atoms with van der Waals surface area (Å²) in [5, 5.41) is 21.4. The smallest absolute Gasteiger partial charge is 0.404 e. The standard InChI is InChI=1S/C14H15N4O9PS/c1-16(2)29(24,25)15-28(23,26-13-7-3-11(4-8-13)17(19)20)27-14-9-5-12(6-10-14)18(21)22/h3-10H,1-2H3,(H,15,23). The van der Waals surface area contributed by atoms with Crippen molar-refractivity contribution in [1.29, 1.82) is 0 Å². The molecule has 0 heterocycles. The number of rotatable bonds is 9. The van der Waals surface area contributed by atoms with Crippen LogP contribution >= 0.6 is 7.75 Å². The zero-order valence-corrected chi connectivity index (χ0v) is 16.7. The van der Waals surface area contributed by atoms with Crippen LogP contribution in [0.3, 0.4) is 0 Å². The lowest BCUT2D eigenvalue weighted by molar-refractivity contribution is -0.385. The first-order chi connectivity index (χ1) is 13.4. The summed E-state index contributed by atoms with van der Waals surface area (Å²) in [4.78, 5) is 20.1. The number of hydrogen-bond acceptors (Lipinski definition) is 9. The van der Waals surface area contributed by atoms with Gasteiger partial charge in [-0.2, -0.15) is 12.7 Å². The Kier molecular flexibility index (Phi) is 6.54. The molecule has 2 aromatic rings. The molecular formula is C14H15N4O9PS. The van der Waals surface area contributed by atoms with Crippen molar-refractivity contribution in [3.8, 4) is 11.5 Å². The number of nitro benzene ring substituents is 2. The van der Waals surface area contributed by atoms with Crippen molar-refractivity contribution < 1.29 is 31.9 Å². The average Bonchev–Trinajstić information content (AvgIpc) is 2.61. The molecule has 13 nitrogen and oxygen atoms in total. The number of nitro groups is 2. The lowest BCUT2D eigenvalue weighted by Gasteiger charge is -2.22. The highest BCUT2D eigenvalue weighted by Gasteiger charge is 2.36. The van der Waals surface area contributed by atoms with Gasteiger partial charge in [-0.25, -0.2) is 4.57 Å². The molecule has 0 fully saturated rings. The van der Waals surface area contributed by atoms with E-state index in [9.17, 15) is 33.2 Å². The Morgan fingerprint density at radius 2 is 1.21 bits per heavy atom. The summed E-state index contributed by atoms with van der Waals surface area (Å²) < 4.78 is 50.1. The van der Waals surface area contributed by atoms with Gasteiger partial charge in [-0.05, 0) is 24.3 Å². The second kappa shape index (κ2) is 8.53. The summed E-state index contributed by atoms with van der Waals surface area (Å²) in [7, 11) is -6.58. The van der Waals surface area contributed by atoms with E-state index in [-0.39, 0.29) is 22.9 Å². The largest absolute Gasteiger partial charge is 0.527 e. The third kappa shape index (κ3) is 5.96. The number of benzene rings is 2. The fourth-order valence-electron chi connectivity index (χ4n) is 1.81. The Labute approximate surface area is 164 Å². The molecule has 2 rings (SSSR count). The molecule has 0 saturated heterocycles. The van der Waals surface area contributed by atoms with E-state index in [0.29, 0.717) is 0 Å². The van der Waals surface area contributed by atoms with Gasteiger partial charge in [0, 0.05) is 38.4 Å². The Morgan fingerprint density at radius 3 is 1.48 bits per heavy atom. The van der Waals surface area contributed by atoms with Crippen molar-refractivity contribution in [2.24, 2.45) is 0 Å². The Bertz CT molecular complexity index is 992. The zero-order valence-electron chi connectivity index (χ0n) is 15.0. The molecular weight excluding hydrogens is 431 g/mol. The first-order valence-electron chi connectivity index (χ1n) is 7.61. The van der Waals surface area contributed by atoms with E-state index in [2.05, 4.69) is 0 Å². The van der Waals surface area contributed by atoms with Crippen LogP contribution in [-0.4, -0.2) is 36.7 Å². The van der Waals surface area contributed by atoms with E-state index in [1.165, 1.54) is 14.1 Å². The van der Waals surface area contributed by atoms with Gasteiger partial charge in [0.25, 0.3) is 21.6 Å². The van der Waals surface area contributed by atoms with Gasteiger partial charge in [0.15, 0.2) is 0 Å². The molecule has 0 bridgehead atoms. The molecule has 0 aliphatic carbocycles. The van der Waals surface area contributed by atoms with Crippen LogP contribution in [0, 0.1) is 20.2 Å². The van der Waals surface area contributed by atoms with Gasteiger partial charge in [0.05, 0.1) is 9.85 Å². The quantitative estimate of drug-likeness (QED) is 0.345. The highest BCUT2D eigenvalue weighted by molar-refractivity contribution is 7.92. The van der Waals surface area contributed by atoms with Gasteiger partial charge in [0.2, 0.25) is 0 Å². The molecule has 156 valence electrons. The van der Waals surface area contributed by atoms with Crippen LogP contribution < -0.4 is 13.5 Å². The Hall–Kier alpha value is -3.06. The summed E-state index contributed by atoms with van der Waals surface area (Å²) in [6.07, 6.45) is 0. The first-order valence-corrected chi connectivity index (χ1v) is 10.6. The third-order valence-corrected chi connectivity index (χ3v) is 6.94. The molecule has 0 radical (unpaired) electrons. The predicted molar refractivity (Wildman–Crippen MR) is 101 cm³/mol. The Morgan fingerprint density at radius 1 is 0.862 bits per heavy atom. The maximum Gasteiger partial charge on any atom is 0.527 e. The van der Waals surface area contributed by atoms with Gasteiger partial charge in [-0.1, -0.05) is 4.49 Å². The highest BCUT2D eigenvalue weighted by Crippen LogP contribution is 2.46. The van der Waals surface area contributed by atoms with Crippen LogP contribution in [0.2, 0.25) is 0 Å². The van der Waals surface area contributed by atoms with Crippen molar-refractivity contribution in [3.63, 3.8) is 0 Å². The van der Waals surface area contributed by atoms with Gasteiger partial charge in [-0.3, -0.25) is 20.2 Å². The molecule has 0 aliphatic rings. The van der Waals surface area contributed by atoms with E-state index < -0.39 is 27.8 Å². The minimum Gasteiger partial charge on any atom is -0.404 e. The van der Waals surface area contributed by atoms with Crippen LogP contribution in [0.15, 0.2) is 48.5 Å². The van der Waals surface area contributed by atoms with Crippen LogP contribution in [0.25, 0.3) is 0 Å². The number of hydrogen-bond donors (Lipinski definition) is 1. The van der Waals surface area contributed by atoms with Crippen molar-refractivity contribution in [2.45, 2.75) is 0 Å². The van der Waals surface area contributed by atoms with Crippen LogP contribution in [0.5, 0.6) is 11.5 Å². The molecule has 0 unspecified atom stereocenters. The summed E-state index contributed by atoms with van der Waals surface area (Å²) in [6, 6.07) is 8.67. The monoisotopic (exact) mass is 446 g/mol. The summed E-state index contributed by atoms with van der Waals surface area (Å²) in [5.74, 6) is -0.357. The summed E-state index contributed by atoms with van der Waals surface area (Å²) in [5.41, 5.74) is -0.533. The van der Waals surface area contributed by atoms with Gasteiger partial charge >= 0.3 is 7.75 Å². The number of nitrogens with one attached hydrogen (secondary N) is 1. The minimum absolute atomic E-state index is 0.178. The van der Waals surface area contributed by atoms with Crippen LogP contribution in [0.1, 0.15) is 0 Å². The SMILES string of the molecule is CN(C)S(=O)(=O)NP(=O)(Oc1ccc([N+](=O)[O-])cc1)Oc1ccc([N+](=O)[O-])cc1. The van der Waals surface area contributed by atoms with E-state index in [0.717, 1.165) is 52.8 Å². The van der Waals surface area contributed by atoms with E-state index in [4.69, 9.17) is 9.05 Å². The lowest BCUT2D eigenvalue weighted by atomic mass is 10.3. The maximum absolute atomic E-state index is 13.1. The molecule has 0 amide bonds. The topological polar surface area (TPSA) is 171 Å².